The largest absolute Gasteiger partial charge is 0.480 e. The number of halogens is 1. The van der Waals surface area contributed by atoms with Crippen molar-refractivity contribution in [3.8, 4) is 0 Å². The van der Waals surface area contributed by atoms with Crippen molar-refractivity contribution in [2.75, 3.05) is 50.7 Å². The topological polar surface area (TPSA) is 143 Å². The summed E-state index contributed by atoms with van der Waals surface area (Å²) < 4.78 is 27.1. The predicted molar refractivity (Wildman–Crippen MR) is 141 cm³/mol. The normalized spacial score (nSPS) is 16.9. The average molecular weight is 549 g/mol. The van der Waals surface area contributed by atoms with Crippen molar-refractivity contribution in [1.29, 1.82) is 0 Å². The zero-order valence-corrected chi connectivity index (χ0v) is 21.6. The summed E-state index contributed by atoms with van der Waals surface area (Å²) in [5.41, 5.74) is 1.04. The number of benzene rings is 2. The number of aliphatic carboxylic acids is 1. The molecule has 198 valence electrons. The van der Waals surface area contributed by atoms with Gasteiger partial charge in [-0.25, -0.2) is 8.42 Å². The van der Waals surface area contributed by atoms with Gasteiger partial charge in [-0.1, -0.05) is 29.8 Å². The van der Waals surface area contributed by atoms with E-state index in [1.807, 2.05) is 0 Å². The van der Waals surface area contributed by atoms with Gasteiger partial charge in [-0.05, 0) is 36.8 Å². The highest BCUT2D eigenvalue weighted by Crippen LogP contribution is 2.28. The zero-order valence-electron chi connectivity index (χ0n) is 20.1. The van der Waals surface area contributed by atoms with E-state index in [4.69, 9.17) is 11.6 Å². The quantitative estimate of drug-likeness (QED) is 0.382. The molecule has 11 nitrogen and oxygen atoms in total. The second-order valence-electron chi connectivity index (χ2n) is 8.66. The van der Waals surface area contributed by atoms with E-state index < -0.39 is 34.5 Å². The van der Waals surface area contributed by atoms with Gasteiger partial charge in [-0.15, -0.1) is 0 Å². The SMILES string of the molecule is O=C(NCC(NS(=O)(=O)c1ccccc1)C(=O)O)c1ccc(N2CCN(C3=NCCCN3)CC2)c(Cl)c1. The maximum atomic E-state index is 12.7. The Labute approximate surface area is 220 Å². The molecule has 0 spiro atoms. The van der Waals surface area contributed by atoms with Crippen LogP contribution in [0.15, 0.2) is 58.4 Å². The van der Waals surface area contributed by atoms with Gasteiger partial charge in [0.1, 0.15) is 6.04 Å². The first kappa shape index (κ1) is 26.7. The third-order valence-electron chi connectivity index (χ3n) is 6.13. The van der Waals surface area contributed by atoms with Crippen LogP contribution in [-0.4, -0.2) is 88.1 Å². The summed E-state index contributed by atoms with van der Waals surface area (Å²) in [4.78, 5) is 33.2. The molecule has 0 bridgehead atoms. The Hall–Kier alpha value is -3.35. The predicted octanol–water partition coefficient (Wildman–Crippen LogP) is 0.973. The highest BCUT2D eigenvalue weighted by molar-refractivity contribution is 7.89. The van der Waals surface area contributed by atoms with Crippen molar-refractivity contribution in [1.82, 2.24) is 20.3 Å². The lowest BCUT2D eigenvalue weighted by Crippen LogP contribution is -2.53. The first-order valence-corrected chi connectivity index (χ1v) is 13.8. The summed E-state index contributed by atoms with van der Waals surface area (Å²) in [6.07, 6.45) is 1.04. The molecule has 2 aliphatic rings. The van der Waals surface area contributed by atoms with Gasteiger partial charge in [-0.3, -0.25) is 14.6 Å². The summed E-state index contributed by atoms with van der Waals surface area (Å²) in [5.74, 6) is -1.04. The first-order chi connectivity index (χ1) is 17.7. The Balaban J connectivity index is 1.34. The Morgan fingerprint density at radius 3 is 2.41 bits per heavy atom. The number of piperazine rings is 1. The van der Waals surface area contributed by atoms with Gasteiger partial charge in [0.05, 0.1) is 15.6 Å². The number of carboxylic acids is 1. The number of aliphatic imine (C=N–C) groups is 1. The van der Waals surface area contributed by atoms with Crippen LogP contribution in [0.25, 0.3) is 0 Å². The van der Waals surface area contributed by atoms with E-state index in [0.29, 0.717) is 5.02 Å². The number of carboxylic acid groups (broad SMARTS) is 1. The van der Waals surface area contributed by atoms with Gasteiger partial charge < -0.3 is 25.5 Å². The second-order valence-corrected chi connectivity index (χ2v) is 10.8. The molecule has 2 aliphatic heterocycles. The van der Waals surface area contributed by atoms with E-state index in [1.54, 1.807) is 18.2 Å². The summed E-state index contributed by atoms with van der Waals surface area (Å²) >= 11 is 6.50. The Kier molecular flexibility index (Phi) is 8.52. The van der Waals surface area contributed by atoms with E-state index in [-0.39, 0.29) is 10.5 Å². The molecule has 1 saturated heterocycles. The van der Waals surface area contributed by atoms with Gasteiger partial charge in [0.25, 0.3) is 5.91 Å². The van der Waals surface area contributed by atoms with Crippen LogP contribution < -0.4 is 20.3 Å². The van der Waals surface area contributed by atoms with Crippen molar-refractivity contribution < 1.29 is 23.1 Å². The van der Waals surface area contributed by atoms with Gasteiger partial charge >= 0.3 is 5.97 Å². The lowest BCUT2D eigenvalue weighted by atomic mass is 10.1. The maximum absolute atomic E-state index is 12.7. The highest BCUT2D eigenvalue weighted by Gasteiger charge is 2.27. The van der Waals surface area contributed by atoms with E-state index in [2.05, 4.69) is 30.1 Å². The number of sulfonamides is 1. The smallest absolute Gasteiger partial charge is 0.323 e. The van der Waals surface area contributed by atoms with Crippen LogP contribution >= 0.6 is 11.6 Å². The third kappa shape index (κ3) is 6.70. The van der Waals surface area contributed by atoms with Gasteiger partial charge in [0.15, 0.2) is 5.96 Å². The molecule has 2 aromatic carbocycles. The Bertz CT molecular complexity index is 1270. The molecule has 1 fully saturated rings. The molecule has 0 aliphatic carbocycles. The van der Waals surface area contributed by atoms with Gasteiger partial charge in [0.2, 0.25) is 10.0 Å². The monoisotopic (exact) mass is 548 g/mol. The fourth-order valence-electron chi connectivity index (χ4n) is 4.13. The molecule has 37 heavy (non-hydrogen) atoms. The number of rotatable bonds is 8. The number of anilines is 1. The number of nitrogens with one attached hydrogen (secondary N) is 3. The van der Waals surface area contributed by atoms with Crippen molar-refractivity contribution in [3.05, 3.63) is 59.1 Å². The fourth-order valence-corrected chi connectivity index (χ4v) is 5.64. The van der Waals surface area contributed by atoms with Crippen LogP contribution in [-0.2, 0) is 14.8 Å². The minimum atomic E-state index is -4.08. The number of carbonyl (C=O) groups excluding carboxylic acids is 1. The molecular formula is C24H29ClN6O5S. The van der Waals surface area contributed by atoms with Crippen LogP contribution in [0.2, 0.25) is 5.02 Å². The fraction of sp³-hybridized carbons (Fsp3) is 0.375. The summed E-state index contributed by atoms with van der Waals surface area (Å²) in [6.45, 7) is 4.39. The highest BCUT2D eigenvalue weighted by atomic mass is 35.5. The number of guanidine groups is 1. The minimum Gasteiger partial charge on any atom is -0.480 e. The van der Waals surface area contributed by atoms with Crippen molar-refractivity contribution in [2.24, 2.45) is 4.99 Å². The zero-order chi connectivity index (χ0) is 26.4. The standard InChI is InChI=1S/C24H29ClN6O5S/c25-19-15-17(7-8-21(19)30-11-13-31(14-12-30)24-26-9-4-10-27-24)22(32)28-16-20(23(33)34)29-37(35,36)18-5-2-1-3-6-18/h1-3,5-8,15,20,29H,4,9-14,16H2,(H,26,27)(H,28,32)(H,33,34). The van der Waals surface area contributed by atoms with Gasteiger partial charge in [-0.2, -0.15) is 4.72 Å². The minimum absolute atomic E-state index is 0.0706. The summed E-state index contributed by atoms with van der Waals surface area (Å²) in [5, 5.41) is 15.7. The van der Waals surface area contributed by atoms with E-state index in [9.17, 15) is 23.1 Å². The maximum Gasteiger partial charge on any atom is 0.323 e. The molecule has 4 rings (SSSR count). The summed E-state index contributed by atoms with van der Waals surface area (Å²) in [7, 11) is -4.08. The van der Waals surface area contributed by atoms with E-state index in [0.717, 1.165) is 57.3 Å². The summed E-state index contributed by atoms with van der Waals surface area (Å²) in [6, 6.07) is 10.8. The molecule has 0 radical (unpaired) electrons. The molecular weight excluding hydrogens is 520 g/mol. The van der Waals surface area contributed by atoms with Crippen LogP contribution in [0.4, 0.5) is 5.69 Å². The lowest BCUT2D eigenvalue weighted by molar-refractivity contribution is -0.138. The molecule has 0 saturated carbocycles. The average Bonchev–Trinajstić information content (AvgIpc) is 2.91. The van der Waals surface area contributed by atoms with Crippen LogP contribution in [0.1, 0.15) is 16.8 Å². The Morgan fingerprint density at radius 1 is 1.08 bits per heavy atom. The lowest BCUT2D eigenvalue weighted by Gasteiger charge is -2.38. The number of hydrogen-bond donors (Lipinski definition) is 4. The second kappa shape index (κ2) is 11.8. The molecule has 0 aromatic heterocycles. The number of nitrogens with zero attached hydrogens (tertiary/aromatic N) is 3. The first-order valence-electron chi connectivity index (χ1n) is 11.9. The number of amides is 1. The molecule has 2 heterocycles. The molecule has 1 unspecified atom stereocenters. The van der Waals surface area contributed by atoms with Crippen LogP contribution in [0.5, 0.6) is 0 Å². The number of carbonyl (C=O) groups is 2. The van der Waals surface area contributed by atoms with Crippen molar-refractivity contribution in [3.63, 3.8) is 0 Å². The third-order valence-corrected chi connectivity index (χ3v) is 7.92. The molecule has 4 N–H and O–H groups in total. The van der Waals surface area contributed by atoms with Gasteiger partial charge in [0, 0.05) is 51.4 Å². The Morgan fingerprint density at radius 2 is 1.78 bits per heavy atom. The number of hydrogen-bond acceptors (Lipinski definition) is 8. The van der Waals surface area contributed by atoms with Crippen molar-refractivity contribution >= 4 is 45.1 Å². The van der Waals surface area contributed by atoms with Crippen molar-refractivity contribution in [2.45, 2.75) is 17.4 Å². The van der Waals surface area contributed by atoms with Crippen LogP contribution in [0, 0.1) is 0 Å². The molecule has 13 heteroatoms. The van der Waals surface area contributed by atoms with E-state index >= 15 is 0 Å². The molecule has 1 amide bonds. The molecule has 1 atom stereocenters. The molecule has 2 aromatic rings. The van der Waals surface area contributed by atoms with E-state index in [1.165, 1.54) is 30.3 Å². The van der Waals surface area contributed by atoms with Crippen LogP contribution in [0.3, 0.4) is 0 Å².